The highest BCUT2D eigenvalue weighted by atomic mass is 32.2. The zero-order chi connectivity index (χ0) is 32.7. The number of alkyl halides is 3. The molecule has 10 N–H and O–H groups in total. The lowest BCUT2D eigenvalue weighted by Crippen LogP contribution is -2.24. The molecule has 0 saturated heterocycles. The number of aliphatic hydroxyl groups is 2. The van der Waals surface area contributed by atoms with E-state index in [0.717, 1.165) is 12.0 Å². The van der Waals surface area contributed by atoms with Crippen molar-refractivity contribution >= 4 is 28.8 Å². The second-order valence-corrected chi connectivity index (χ2v) is 11.8. The van der Waals surface area contributed by atoms with E-state index in [4.69, 9.17) is 17.2 Å². The second-order valence-electron chi connectivity index (χ2n) is 10.7. The van der Waals surface area contributed by atoms with Crippen molar-refractivity contribution in [1.29, 1.82) is 0 Å². The molecule has 0 spiro atoms. The van der Waals surface area contributed by atoms with Crippen LogP contribution in [0.25, 0.3) is 28.0 Å². The molecule has 0 fully saturated rings. The summed E-state index contributed by atoms with van der Waals surface area (Å²) in [5, 5.41) is 23.9. The number of nitrogens with zero attached hydrogens (tertiary/aromatic N) is 3. The fourth-order valence-corrected chi connectivity index (χ4v) is 5.42. The number of guanidine groups is 1. The molecule has 4 rings (SSSR count). The molecule has 2 aromatic carbocycles. The molecular weight excluding hydrogens is 609 g/mol. The fraction of sp³-hybridized carbons (Fsp3) is 0.367. The molecule has 4 aromatic rings. The Labute approximate surface area is 261 Å². The van der Waals surface area contributed by atoms with Crippen LogP contribution in [0.3, 0.4) is 0 Å². The van der Waals surface area contributed by atoms with Crippen LogP contribution in [0.5, 0.6) is 0 Å². The summed E-state index contributed by atoms with van der Waals surface area (Å²) < 4.78 is 41.3. The number of aliphatic imine (C=N–C) groups is 1. The number of hydrogen-bond donors (Lipinski definition) is 7. The maximum absolute atomic E-state index is 13.3. The Balaban J connectivity index is 1.58. The number of rotatable bonds is 14. The summed E-state index contributed by atoms with van der Waals surface area (Å²) >= 11 is -0.289. The number of halogens is 3. The largest absolute Gasteiger partial charge is 0.446 e. The van der Waals surface area contributed by atoms with E-state index >= 15 is 0 Å². The topological polar surface area (TPSA) is 194 Å². The van der Waals surface area contributed by atoms with Crippen LogP contribution in [0, 0.1) is 0 Å². The van der Waals surface area contributed by atoms with Crippen LogP contribution in [0.4, 0.5) is 13.2 Å². The van der Waals surface area contributed by atoms with E-state index < -0.39 is 23.3 Å². The van der Waals surface area contributed by atoms with Crippen molar-refractivity contribution in [1.82, 2.24) is 19.9 Å². The number of nitrogens with one attached hydrogen (secondary N) is 2. The number of aromatic amines is 1. The maximum Gasteiger partial charge on any atom is 0.446 e. The van der Waals surface area contributed by atoms with Crippen molar-refractivity contribution in [3.05, 3.63) is 76.3 Å². The lowest BCUT2D eigenvalue weighted by Gasteiger charge is -2.16. The summed E-state index contributed by atoms with van der Waals surface area (Å²) in [5.74, 6) is 0.0628. The Hall–Kier alpha value is -3.89. The second kappa shape index (κ2) is 14.9. The molecular formula is C30H37F3N8O3S. The van der Waals surface area contributed by atoms with Gasteiger partial charge in [-0.15, -0.1) is 0 Å². The van der Waals surface area contributed by atoms with Gasteiger partial charge in [-0.2, -0.15) is 18.2 Å². The molecule has 15 heteroatoms. The SMILES string of the molecule is C[C@H](NCCCN=C(N)N)c1ccc(-n2cc3cc(-c4cc(SC(F)(F)F)cc([C@H](O)CC[C@@H](N)CO)c4)[nH]c3nc2=O)cc1. The summed E-state index contributed by atoms with van der Waals surface area (Å²) in [7, 11) is 0. The van der Waals surface area contributed by atoms with Gasteiger partial charge < -0.3 is 37.7 Å². The quantitative estimate of drug-likeness (QED) is 0.0465. The third-order valence-electron chi connectivity index (χ3n) is 7.16. The summed E-state index contributed by atoms with van der Waals surface area (Å²) in [6, 6.07) is 12.9. The molecule has 2 aromatic heterocycles. The molecule has 0 aliphatic carbocycles. The first-order chi connectivity index (χ1) is 21.3. The van der Waals surface area contributed by atoms with Crippen molar-refractivity contribution in [2.75, 3.05) is 19.7 Å². The Morgan fingerprint density at radius 1 is 1.13 bits per heavy atom. The molecule has 11 nitrogen and oxygen atoms in total. The Morgan fingerprint density at radius 2 is 1.87 bits per heavy atom. The number of fused-ring (bicyclic) bond motifs is 1. The van der Waals surface area contributed by atoms with Gasteiger partial charge in [-0.25, -0.2) is 4.79 Å². The zero-order valence-electron chi connectivity index (χ0n) is 24.6. The van der Waals surface area contributed by atoms with Crippen LogP contribution >= 0.6 is 11.8 Å². The highest BCUT2D eigenvalue weighted by molar-refractivity contribution is 8.00. The van der Waals surface area contributed by atoms with Crippen LogP contribution in [0.15, 0.2) is 69.4 Å². The molecule has 0 aliphatic rings. The van der Waals surface area contributed by atoms with E-state index in [9.17, 15) is 28.2 Å². The molecule has 0 radical (unpaired) electrons. The van der Waals surface area contributed by atoms with Crippen LogP contribution in [-0.2, 0) is 0 Å². The van der Waals surface area contributed by atoms with Crippen LogP contribution in [0.2, 0.25) is 0 Å². The number of thioether (sulfide) groups is 1. The molecule has 0 unspecified atom stereocenters. The molecule has 0 amide bonds. The normalized spacial score (nSPS) is 13.9. The highest BCUT2D eigenvalue weighted by Crippen LogP contribution is 2.40. The van der Waals surface area contributed by atoms with Crippen LogP contribution in [-0.4, -0.2) is 62.0 Å². The summed E-state index contributed by atoms with van der Waals surface area (Å²) in [6.07, 6.45) is 1.72. The highest BCUT2D eigenvalue weighted by Gasteiger charge is 2.30. The van der Waals surface area contributed by atoms with Crippen molar-refractivity contribution in [3.63, 3.8) is 0 Å². The van der Waals surface area contributed by atoms with E-state index in [1.165, 1.54) is 16.7 Å². The molecule has 0 aliphatic heterocycles. The van der Waals surface area contributed by atoms with Gasteiger partial charge in [-0.1, -0.05) is 12.1 Å². The maximum atomic E-state index is 13.3. The number of benzene rings is 2. The summed E-state index contributed by atoms with van der Waals surface area (Å²) in [5.41, 5.74) is 14.3. The summed E-state index contributed by atoms with van der Waals surface area (Å²) in [4.78, 5) is 24.0. The molecule has 3 atom stereocenters. The minimum Gasteiger partial charge on any atom is -0.395 e. The monoisotopic (exact) mass is 646 g/mol. The van der Waals surface area contributed by atoms with Gasteiger partial charge in [-0.05, 0) is 97.6 Å². The third kappa shape index (κ3) is 9.55. The minimum absolute atomic E-state index is 0.0453. The first kappa shape index (κ1) is 34.0. The van der Waals surface area contributed by atoms with Gasteiger partial charge in [0.2, 0.25) is 0 Å². The number of aromatic nitrogens is 3. The first-order valence-electron chi connectivity index (χ1n) is 14.3. The van der Waals surface area contributed by atoms with Gasteiger partial charge in [0, 0.05) is 40.8 Å². The van der Waals surface area contributed by atoms with Gasteiger partial charge >= 0.3 is 11.2 Å². The van der Waals surface area contributed by atoms with E-state index in [2.05, 4.69) is 20.3 Å². The number of H-pyrrole nitrogens is 1. The molecule has 0 saturated carbocycles. The van der Waals surface area contributed by atoms with Crippen molar-refractivity contribution < 1.29 is 23.4 Å². The lowest BCUT2D eigenvalue weighted by atomic mass is 9.99. The summed E-state index contributed by atoms with van der Waals surface area (Å²) in [6.45, 7) is 3.00. The lowest BCUT2D eigenvalue weighted by molar-refractivity contribution is -0.0328. The fourth-order valence-electron chi connectivity index (χ4n) is 4.77. The van der Waals surface area contributed by atoms with Crippen LogP contribution in [0.1, 0.15) is 49.5 Å². The molecule has 0 bridgehead atoms. The van der Waals surface area contributed by atoms with E-state index in [0.29, 0.717) is 35.4 Å². The molecule has 2 heterocycles. The smallest absolute Gasteiger partial charge is 0.395 e. The van der Waals surface area contributed by atoms with Gasteiger partial charge in [0.05, 0.1) is 18.4 Å². The van der Waals surface area contributed by atoms with E-state index in [1.807, 2.05) is 31.2 Å². The van der Waals surface area contributed by atoms with Gasteiger partial charge in [-0.3, -0.25) is 9.56 Å². The van der Waals surface area contributed by atoms with Gasteiger partial charge in [0.25, 0.3) is 0 Å². The standard InChI is InChI=1S/C30H37F3N8O3S/c1-17(37-9-2-10-38-28(35)36)18-3-6-23(7-4-18)41-15-21-14-25(39-27(21)40-29(41)44)19-11-20(26(43)8-5-22(34)16-42)13-24(12-19)45-30(31,32)33/h3-4,6-7,11-15,17,22,26,37,42-43H,2,5,8-10,16,34H2,1H3,(H4,35,36,38)(H,39,40,44)/t17-,22+,26+/m0/s1. The Bertz CT molecular complexity index is 1670. The predicted octanol–water partition coefficient (Wildman–Crippen LogP) is 3.44. The van der Waals surface area contributed by atoms with E-state index in [-0.39, 0.29) is 59.3 Å². The minimum atomic E-state index is -4.54. The number of nitrogens with two attached hydrogens (primary N) is 3. The van der Waals surface area contributed by atoms with Gasteiger partial charge in [0.15, 0.2) is 5.96 Å². The number of hydrogen-bond acceptors (Lipinski definition) is 8. The molecule has 242 valence electrons. The Kier molecular flexibility index (Phi) is 11.3. The number of aliphatic hydroxyl groups excluding tert-OH is 2. The zero-order valence-corrected chi connectivity index (χ0v) is 25.4. The van der Waals surface area contributed by atoms with Crippen molar-refractivity contribution in [3.8, 4) is 16.9 Å². The van der Waals surface area contributed by atoms with Crippen molar-refractivity contribution in [2.24, 2.45) is 22.2 Å². The average molecular weight is 647 g/mol. The Morgan fingerprint density at radius 3 is 2.53 bits per heavy atom. The van der Waals surface area contributed by atoms with Crippen molar-refractivity contribution in [2.45, 2.75) is 54.8 Å². The van der Waals surface area contributed by atoms with Gasteiger partial charge in [0.1, 0.15) is 5.65 Å². The average Bonchev–Trinajstić information content (AvgIpc) is 3.40. The third-order valence-corrected chi connectivity index (χ3v) is 7.87. The first-order valence-corrected chi connectivity index (χ1v) is 15.1. The van der Waals surface area contributed by atoms with Crippen LogP contribution < -0.4 is 28.2 Å². The molecule has 45 heavy (non-hydrogen) atoms. The van der Waals surface area contributed by atoms with E-state index in [1.54, 1.807) is 18.3 Å². The predicted molar refractivity (Wildman–Crippen MR) is 170 cm³/mol.